The van der Waals surface area contributed by atoms with Gasteiger partial charge in [-0.1, -0.05) is 13.8 Å². The molecule has 0 saturated carbocycles. The number of imide groups is 1. The van der Waals surface area contributed by atoms with Crippen molar-refractivity contribution in [1.29, 1.82) is 0 Å². The zero-order valence-corrected chi connectivity index (χ0v) is 15.0. The van der Waals surface area contributed by atoms with E-state index < -0.39 is 29.2 Å². The number of nitro benzene ring substituents is 1. The molecule has 2 N–H and O–H groups in total. The highest BCUT2D eigenvalue weighted by Crippen LogP contribution is 2.26. The van der Waals surface area contributed by atoms with Crippen molar-refractivity contribution in [2.45, 2.75) is 20.3 Å². The van der Waals surface area contributed by atoms with Gasteiger partial charge in [-0.15, -0.1) is 0 Å². The standard InChI is InChI=1S/C17H20N4O6/c1-10(2)7-14(22)18-5-6-19-15(23)9-20-16(24)12-4-3-11(21(26)27)8-13(12)17(20)25/h3-4,8,10H,5-7,9H2,1-2H3,(H,18,22)(H,19,23). The van der Waals surface area contributed by atoms with Crippen molar-refractivity contribution < 1.29 is 24.1 Å². The summed E-state index contributed by atoms with van der Waals surface area (Å²) in [4.78, 5) is 58.9. The fourth-order valence-corrected chi connectivity index (χ4v) is 2.58. The average Bonchev–Trinajstić information content (AvgIpc) is 2.82. The first-order valence-corrected chi connectivity index (χ1v) is 8.38. The number of hydrogen-bond acceptors (Lipinski definition) is 6. The zero-order chi connectivity index (χ0) is 20.1. The molecule has 1 aliphatic heterocycles. The lowest BCUT2D eigenvalue weighted by molar-refractivity contribution is -0.384. The van der Waals surface area contributed by atoms with Gasteiger partial charge in [0.25, 0.3) is 17.5 Å². The maximum atomic E-state index is 12.3. The summed E-state index contributed by atoms with van der Waals surface area (Å²) in [7, 11) is 0. The third kappa shape index (κ3) is 4.87. The van der Waals surface area contributed by atoms with Crippen LogP contribution in [0.2, 0.25) is 0 Å². The molecule has 1 heterocycles. The minimum absolute atomic E-state index is 0.0272. The minimum atomic E-state index is -0.751. The van der Waals surface area contributed by atoms with Crippen molar-refractivity contribution in [3.63, 3.8) is 0 Å². The van der Waals surface area contributed by atoms with E-state index in [1.54, 1.807) is 0 Å². The largest absolute Gasteiger partial charge is 0.354 e. The maximum Gasteiger partial charge on any atom is 0.270 e. The normalized spacial score (nSPS) is 12.9. The summed E-state index contributed by atoms with van der Waals surface area (Å²) in [6.45, 7) is 3.71. The molecule has 27 heavy (non-hydrogen) atoms. The van der Waals surface area contributed by atoms with Gasteiger partial charge in [0.2, 0.25) is 11.8 Å². The first-order valence-electron chi connectivity index (χ1n) is 8.38. The number of benzene rings is 1. The molecule has 10 nitrogen and oxygen atoms in total. The SMILES string of the molecule is CC(C)CC(=O)NCCNC(=O)CN1C(=O)c2ccc([N+](=O)[O-])cc2C1=O. The van der Waals surface area contributed by atoms with E-state index in [9.17, 15) is 29.3 Å². The fourth-order valence-electron chi connectivity index (χ4n) is 2.58. The van der Waals surface area contributed by atoms with Crippen molar-refractivity contribution in [3.05, 3.63) is 39.4 Å². The molecule has 0 aromatic heterocycles. The lowest BCUT2D eigenvalue weighted by atomic mass is 10.1. The minimum Gasteiger partial charge on any atom is -0.354 e. The number of amides is 4. The number of rotatable bonds is 8. The van der Waals surface area contributed by atoms with Crippen LogP contribution in [0.3, 0.4) is 0 Å². The van der Waals surface area contributed by atoms with Gasteiger partial charge in [-0.25, -0.2) is 0 Å². The van der Waals surface area contributed by atoms with Gasteiger partial charge in [0.05, 0.1) is 16.1 Å². The Morgan fingerprint density at radius 3 is 2.26 bits per heavy atom. The number of nitrogens with one attached hydrogen (secondary N) is 2. The molecule has 0 fully saturated rings. The van der Waals surface area contributed by atoms with Gasteiger partial charge in [0.1, 0.15) is 6.54 Å². The molecule has 0 radical (unpaired) electrons. The van der Waals surface area contributed by atoms with Crippen LogP contribution in [0.25, 0.3) is 0 Å². The van der Waals surface area contributed by atoms with Crippen molar-refractivity contribution in [1.82, 2.24) is 15.5 Å². The quantitative estimate of drug-likeness (QED) is 0.293. The van der Waals surface area contributed by atoms with E-state index in [1.165, 1.54) is 6.07 Å². The Labute approximate surface area is 155 Å². The van der Waals surface area contributed by atoms with Crippen LogP contribution in [0.15, 0.2) is 18.2 Å². The summed E-state index contributed by atoms with van der Waals surface area (Å²) in [5.74, 6) is -1.90. The number of nitrogens with zero attached hydrogens (tertiary/aromatic N) is 2. The second kappa shape index (κ2) is 8.39. The van der Waals surface area contributed by atoms with Crippen molar-refractivity contribution in [3.8, 4) is 0 Å². The predicted molar refractivity (Wildman–Crippen MR) is 93.9 cm³/mol. The van der Waals surface area contributed by atoms with Gasteiger partial charge in [-0.05, 0) is 12.0 Å². The molecule has 1 aromatic carbocycles. The van der Waals surface area contributed by atoms with Crippen LogP contribution in [0.4, 0.5) is 5.69 Å². The van der Waals surface area contributed by atoms with E-state index in [-0.39, 0.29) is 41.7 Å². The van der Waals surface area contributed by atoms with E-state index in [4.69, 9.17) is 0 Å². The first kappa shape index (κ1) is 20.0. The van der Waals surface area contributed by atoms with Gasteiger partial charge < -0.3 is 10.6 Å². The van der Waals surface area contributed by atoms with E-state index in [2.05, 4.69) is 10.6 Å². The highest BCUT2D eigenvalue weighted by molar-refractivity contribution is 6.22. The maximum absolute atomic E-state index is 12.3. The number of non-ortho nitro benzene ring substituents is 1. The molecule has 0 aliphatic carbocycles. The summed E-state index contributed by atoms with van der Waals surface area (Å²) >= 11 is 0. The number of carbonyl (C=O) groups excluding carboxylic acids is 4. The number of hydrogen-bond donors (Lipinski definition) is 2. The van der Waals surface area contributed by atoms with Crippen LogP contribution in [0.1, 0.15) is 41.0 Å². The Morgan fingerprint density at radius 2 is 1.67 bits per heavy atom. The van der Waals surface area contributed by atoms with Crippen LogP contribution in [0, 0.1) is 16.0 Å². The van der Waals surface area contributed by atoms with Crippen LogP contribution in [-0.4, -0.2) is 53.1 Å². The van der Waals surface area contributed by atoms with Gasteiger partial charge in [-0.2, -0.15) is 0 Å². The third-order valence-electron chi connectivity index (χ3n) is 3.83. The molecule has 144 valence electrons. The van der Waals surface area contributed by atoms with E-state index in [0.29, 0.717) is 6.42 Å². The molecule has 0 unspecified atom stereocenters. The van der Waals surface area contributed by atoms with Crippen LogP contribution >= 0.6 is 0 Å². The Kier molecular flexibility index (Phi) is 6.22. The lowest BCUT2D eigenvalue weighted by Crippen LogP contribution is -2.42. The Morgan fingerprint density at radius 1 is 1.07 bits per heavy atom. The van der Waals surface area contributed by atoms with Gasteiger partial charge >= 0.3 is 0 Å². The van der Waals surface area contributed by atoms with E-state index in [0.717, 1.165) is 17.0 Å². The molecule has 2 rings (SSSR count). The summed E-state index contributed by atoms with van der Waals surface area (Å²) in [5.41, 5.74) is -0.374. The highest BCUT2D eigenvalue weighted by Gasteiger charge is 2.37. The van der Waals surface area contributed by atoms with Crippen molar-refractivity contribution in [2.24, 2.45) is 5.92 Å². The number of fused-ring (bicyclic) bond motifs is 1. The fraction of sp³-hybridized carbons (Fsp3) is 0.412. The number of nitro groups is 1. The summed E-state index contributed by atoms with van der Waals surface area (Å²) in [6.07, 6.45) is 0.384. The predicted octanol–water partition coefficient (Wildman–Crippen LogP) is 0.469. The van der Waals surface area contributed by atoms with Gasteiger partial charge in [0, 0.05) is 31.6 Å². The topological polar surface area (TPSA) is 139 Å². The molecule has 1 aromatic rings. The lowest BCUT2D eigenvalue weighted by Gasteiger charge is -2.14. The van der Waals surface area contributed by atoms with Crippen LogP contribution in [-0.2, 0) is 9.59 Å². The van der Waals surface area contributed by atoms with E-state index >= 15 is 0 Å². The molecule has 1 aliphatic rings. The monoisotopic (exact) mass is 376 g/mol. The molecule has 4 amide bonds. The average molecular weight is 376 g/mol. The van der Waals surface area contributed by atoms with Gasteiger partial charge in [-0.3, -0.25) is 34.2 Å². The second-order valence-electron chi connectivity index (χ2n) is 6.48. The molecule has 10 heteroatoms. The Balaban J connectivity index is 1.87. The van der Waals surface area contributed by atoms with Crippen LogP contribution in [0.5, 0.6) is 0 Å². The van der Waals surface area contributed by atoms with E-state index in [1.807, 2.05) is 13.8 Å². The summed E-state index contributed by atoms with van der Waals surface area (Å²) in [5, 5.41) is 16.0. The first-order chi connectivity index (χ1) is 12.7. The Bertz CT molecular complexity index is 805. The second-order valence-corrected chi connectivity index (χ2v) is 6.48. The van der Waals surface area contributed by atoms with Gasteiger partial charge in [0.15, 0.2) is 0 Å². The van der Waals surface area contributed by atoms with Crippen LogP contribution < -0.4 is 10.6 Å². The van der Waals surface area contributed by atoms with Crippen molar-refractivity contribution >= 4 is 29.3 Å². The molecule has 0 saturated heterocycles. The Hall–Kier alpha value is -3.30. The third-order valence-corrected chi connectivity index (χ3v) is 3.83. The smallest absolute Gasteiger partial charge is 0.270 e. The molecular weight excluding hydrogens is 356 g/mol. The number of carbonyl (C=O) groups is 4. The zero-order valence-electron chi connectivity index (χ0n) is 15.0. The molecule has 0 spiro atoms. The molecule has 0 atom stereocenters. The highest BCUT2D eigenvalue weighted by atomic mass is 16.6. The molecular formula is C17H20N4O6. The molecule has 0 bridgehead atoms. The summed E-state index contributed by atoms with van der Waals surface area (Å²) < 4.78 is 0. The summed E-state index contributed by atoms with van der Waals surface area (Å²) in [6, 6.07) is 3.36. The van der Waals surface area contributed by atoms with Crippen molar-refractivity contribution in [2.75, 3.05) is 19.6 Å².